The van der Waals surface area contributed by atoms with Gasteiger partial charge in [0.15, 0.2) is 10.2 Å². The molecule has 1 amide bonds. The van der Waals surface area contributed by atoms with E-state index >= 15 is 0 Å². The summed E-state index contributed by atoms with van der Waals surface area (Å²) in [6.07, 6.45) is 1.64. The van der Waals surface area contributed by atoms with Crippen LogP contribution < -0.4 is 0 Å². The third-order valence-electron chi connectivity index (χ3n) is 5.12. The third kappa shape index (κ3) is 3.78. The van der Waals surface area contributed by atoms with Gasteiger partial charge in [-0.15, -0.1) is 5.10 Å². The minimum Gasteiger partial charge on any atom is -0.317 e. The van der Waals surface area contributed by atoms with Gasteiger partial charge in [-0.3, -0.25) is 20.3 Å². The molecule has 0 spiro atoms. The number of carbonyl (C=O) groups is 1. The van der Waals surface area contributed by atoms with Crippen molar-refractivity contribution in [2.24, 2.45) is 10.1 Å². The lowest BCUT2D eigenvalue weighted by Gasteiger charge is -2.20. The smallest absolute Gasteiger partial charge is 0.283 e. The number of non-ortho nitro benzene ring substituents is 1. The fourth-order valence-electron chi connectivity index (χ4n) is 3.57. The lowest BCUT2D eigenvalue weighted by molar-refractivity contribution is -0.384. The van der Waals surface area contributed by atoms with Gasteiger partial charge in [0.1, 0.15) is 0 Å². The molecule has 9 nitrogen and oxygen atoms in total. The van der Waals surface area contributed by atoms with Crippen molar-refractivity contribution in [3.8, 4) is 5.69 Å². The largest absolute Gasteiger partial charge is 0.317 e. The van der Waals surface area contributed by atoms with E-state index in [9.17, 15) is 14.9 Å². The lowest BCUT2D eigenvalue weighted by Crippen LogP contribution is -2.35. The van der Waals surface area contributed by atoms with E-state index in [1.165, 1.54) is 34.6 Å². The molecule has 164 valence electrons. The van der Waals surface area contributed by atoms with Crippen LogP contribution in [0.5, 0.6) is 0 Å². The van der Waals surface area contributed by atoms with Crippen molar-refractivity contribution in [2.75, 3.05) is 5.75 Å². The number of benzene rings is 1. The van der Waals surface area contributed by atoms with Crippen LogP contribution in [0.15, 0.2) is 39.9 Å². The number of hydrogen-bond acceptors (Lipinski definition) is 7. The Morgan fingerprint density at radius 1 is 1.28 bits per heavy atom. The Balaban J connectivity index is 1.76. The summed E-state index contributed by atoms with van der Waals surface area (Å²) in [7, 11) is 0. The van der Waals surface area contributed by atoms with E-state index in [2.05, 4.69) is 10.1 Å². The highest BCUT2D eigenvalue weighted by Crippen LogP contribution is 2.33. The number of thioether (sulfide) groups is 2. The van der Waals surface area contributed by atoms with Gasteiger partial charge in [0.25, 0.3) is 11.6 Å². The molecule has 0 radical (unpaired) electrons. The van der Waals surface area contributed by atoms with Gasteiger partial charge in [-0.25, -0.2) is 0 Å². The topological polar surface area (TPSA) is 117 Å². The van der Waals surface area contributed by atoms with E-state index in [1.54, 1.807) is 18.2 Å². The van der Waals surface area contributed by atoms with E-state index < -0.39 is 10.8 Å². The average Bonchev–Trinajstić information content (AvgIpc) is 3.26. The van der Waals surface area contributed by atoms with E-state index in [4.69, 9.17) is 5.41 Å². The van der Waals surface area contributed by atoms with Gasteiger partial charge >= 0.3 is 0 Å². The van der Waals surface area contributed by atoms with Gasteiger partial charge in [-0.1, -0.05) is 24.8 Å². The first kappa shape index (κ1) is 22.0. The Bertz CT molecular complexity index is 1270. The van der Waals surface area contributed by atoms with Gasteiger partial charge in [0, 0.05) is 23.5 Å². The molecule has 4 rings (SSSR count). The fraction of sp³-hybridized carbons (Fsp3) is 0.238. The molecular weight excluding hydrogens is 448 g/mol. The molecule has 2 aromatic rings. The first-order chi connectivity index (χ1) is 15.2. The number of nitro groups is 1. The average molecular weight is 469 g/mol. The molecule has 1 aromatic heterocycles. The molecule has 2 aliphatic heterocycles. The number of nitrogens with one attached hydrogen (secondary N) is 1. The first-order valence-electron chi connectivity index (χ1n) is 9.78. The molecule has 0 saturated heterocycles. The molecule has 0 bridgehead atoms. The molecule has 11 heteroatoms. The molecule has 32 heavy (non-hydrogen) atoms. The summed E-state index contributed by atoms with van der Waals surface area (Å²) in [6.45, 7) is 7.67. The maximum absolute atomic E-state index is 12.7. The Morgan fingerprint density at radius 3 is 2.72 bits per heavy atom. The zero-order chi connectivity index (χ0) is 23.2. The van der Waals surface area contributed by atoms with Gasteiger partial charge in [-0.05, 0) is 61.6 Å². The lowest BCUT2D eigenvalue weighted by atomic mass is 10.1. The summed E-state index contributed by atoms with van der Waals surface area (Å²) >= 11 is 2.82. The number of hydrazone groups is 1. The van der Waals surface area contributed by atoms with E-state index in [1.807, 2.05) is 38.3 Å². The fourth-order valence-corrected chi connectivity index (χ4v) is 5.39. The van der Waals surface area contributed by atoms with Gasteiger partial charge in [0.05, 0.1) is 16.2 Å². The van der Waals surface area contributed by atoms with E-state index in [0.717, 1.165) is 32.6 Å². The minimum absolute atomic E-state index is 0.00857. The number of fused-ring (bicyclic) bond motifs is 1. The predicted molar refractivity (Wildman–Crippen MR) is 130 cm³/mol. The molecule has 0 unspecified atom stereocenters. The summed E-state index contributed by atoms with van der Waals surface area (Å²) in [5, 5.41) is 26.0. The number of amidine groups is 2. The van der Waals surface area contributed by atoms with Crippen LogP contribution >= 0.6 is 23.5 Å². The molecule has 0 atom stereocenters. The highest BCUT2D eigenvalue weighted by molar-refractivity contribution is 8.45. The molecular formula is C21H20N6O3S2. The quantitative estimate of drug-likeness (QED) is 0.397. The minimum atomic E-state index is -0.483. The van der Waals surface area contributed by atoms with Crippen molar-refractivity contribution < 1.29 is 9.72 Å². The van der Waals surface area contributed by atoms with Gasteiger partial charge in [-0.2, -0.15) is 10.0 Å². The number of aryl methyl sites for hydroxylation is 2. The van der Waals surface area contributed by atoms with E-state index in [0.29, 0.717) is 10.9 Å². The van der Waals surface area contributed by atoms with Crippen LogP contribution in [0.1, 0.15) is 29.4 Å². The zero-order valence-electron chi connectivity index (χ0n) is 17.9. The Labute approximate surface area is 192 Å². The van der Waals surface area contributed by atoms with Crippen LogP contribution in [0.2, 0.25) is 0 Å². The molecule has 3 heterocycles. The van der Waals surface area contributed by atoms with Crippen LogP contribution in [-0.2, 0) is 4.79 Å². The normalized spacial score (nSPS) is 17.0. The molecule has 0 aliphatic carbocycles. The van der Waals surface area contributed by atoms with E-state index in [-0.39, 0.29) is 17.1 Å². The Kier molecular flexibility index (Phi) is 5.78. The SMILES string of the molecule is CCSC1=NN2C(=N)C(=Cc3cc(C)n(-c4cc([N+](=O)[O-])ccc4C)c3C)C(=O)N=C2S1. The monoisotopic (exact) mass is 468 g/mol. The second-order valence-corrected chi connectivity index (χ2v) is 9.68. The summed E-state index contributed by atoms with van der Waals surface area (Å²) in [5.41, 5.74) is 4.14. The van der Waals surface area contributed by atoms with Crippen LogP contribution in [0, 0.1) is 36.3 Å². The number of rotatable bonds is 4. The number of nitro benzene ring substituents is 1. The highest BCUT2D eigenvalue weighted by Gasteiger charge is 2.35. The van der Waals surface area contributed by atoms with Crippen molar-refractivity contribution in [1.82, 2.24) is 9.58 Å². The molecule has 0 fully saturated rings. The standard InChI is InChI=1S/C21H20N6O3S2/c1-5-31-21-24-26-18(22)16(19(28)23-20(26)32-21)9-14-8-12(3)25(13(14)4)17-10-15(27(29)30)7-6-11(17)2/h6-10,22H,5H2,1-4H3. The summed E-state index contributed by atoms with van der Waals surface area (Å²) in [4.78, 5) is 27.6. The maximum atomic E-state index is 12.7. The maximum Gasteiger partial charge on any atom is 0.283 e. The second-order valence-electron chi connectivity index (χ2n) is 7.21. The Hall–Kier alpha value is -3.18. The van der Waals surface area contributed by atoms with Crippen molar-refractivity contribution in [2.45, 2.75) is 27.7 Å². The number of aliphatic imine (C=N–C) groups is 1. The summed E-state index contributed by atoms with van der Waals surface area (Å²) in [5.74, 6) is 0.332. The second kappa shape index (κ2) is 8.40. The molecule has 1 aromatic carbocycles. The number of carbonyl (C=O) groups excluding carboxylic acids is 1. The Morgan fingerprint density at radius 2 is 2.03 bits per heavy atom. The van der Waals surface area contributed by atoms with Crippen LogP contribution in [0.4, 0.5) is 5.69 Å². The molecule has 0 saturated carbocycles. The predicted octanol–water partition coefficient (Wildman–Crippen LogP) is 4.64. The molecule has 2 aliphatic rings. The highest BCUT2D eigenvalue weighted by atomic mass is 32.2. The van der Waals surface area contributed by atoms with Gasteiger partial charge < -0.3 is 4.57 Å². The van der Waals surface area contributed by atoms with Crippen LogP contribution in [-0.4, -0.2) is 41.5 Å². The summed E-state index contributed by atoms with van der Waals surface area (Å²) < 4.78 is 2.67. The van der Waals surface area contributed by atoms with Crippen molar-refractivity contribution in [1.29, 1.82) is 5.41 Å². The summed E-state index contributed by atoms with van der Waals surface area (Å²) in [6, 6.07) is 6.63. The van der Waals surface area contributed by atoms with Crippen LogP contribution in [0.3, 0.4) is 0 Å². The van der Waals surface area contributed by atoms with Crippen LogP contribution in [0.25, 0.3) is 11.8 Å². The van der Waals surface area contributed by atoms with Gasteiger partial charge in [0.2, 0.25) is 5.17 Å². The number of amides is 1. The van der Waals surface area contributed by atoms with Crippen molar-refractivity contribution in [3.05, 3.63) is 62.5 Å². The van der Waals surface area contributed by atoms with Crippen molar-refractivity contribution in [3.63, 3.8) is 0 Å². The number of hydrogen-bond donors (Lipinski definition) is 1. The number of nitrogens with zero attached hydrogens (tertiary/aromatic N) is 5. The van der Waals surface area contributed by atoms with Crippen molar-refractivity contribution >= 4 is 56.6 Å². The number of aromatic nitrogens is 1. The third-order valence-corrected chi connectivity index (χ3v) is 7.04. The first-order valence-corrected chi connectivity index (χ1v) is 11.6. The zero-order valence-corrected chi connectivity index (χ0v) is 19.5. The molecule has 1 N–H and O–H groups in total.